The van der Waals surface area contributed by atoms with E-state index in [2.05, 4.69) is 19.9 Å². The van der Waals surface area contributed by atoms with Crippen molar-refractivity contribution in [1.82, 2.24) is 19.9 Å². The van der Waals surface area contributed by atoms with E-state index >= 15 is 0 Å². The maximum atomic E-state index is 6.11. The molecule has 0 saturated carbocycles. The lowest BCUT2D eigenvalue weighted by molar-refractivity contribution is 1.08. The number of halogens is 1. The minimum atomic E-state index is 0.662. The Hall–Kier alpha value is -1.59. The van der Waals surface area contributed by atoms with Crippen LogP contribution in [0.2, 0.25) is 5.02 Å². The molecule has 0 saturated heterocycles. The molecule has 0 amide bonds. The first kappa shape index (κ1) is 10.6. The van der Waals surface area contributed by atoms with Crippen LogP contribution in [-0.2, 0) is 0 Å². The van der Waals surface area contributed by atoms with Crippen LogP contribution in [0.25, 0.3) is 11.2 Å². The Morgan fingerprint density at radius 1 is 1.12 bits per heavy atom. The van der Waals surface area contributed by atoms with Gasteiger partial charge in [-0.05, 0) is 12.1 Å². The zero-order valence-corrected chi connectivity index (χ0v) is 10.2. The van der Waals surface area contributed by atoms with Crippen molar-refractivity contribution in [3.63, 3.8) is 0 Å². The lowest BCUT2D eigenvalue weighted by Gasteiger charge is -2.03. The summed E-state index contributed by atoms with van der Waals surface area (Å²) in [6.07, 6.45) is 3.11. The molecule has 2 heterocycles. The quantitative estimate of drug-likeness (QED) is 0.721. The Kier molecular flexibility index (Phi) is 2.70. The molecule has 0 fully saturated rings. The zero-order chi connectivity index (χ0) is 11.7. The van der Waals surface area contributed by atoms with Gasteiger partial charge in [0.25, 0.3) is 0 Å². The van der Waals surface area contributed by atoms with E-state index in [0.717, 1.165) is 15.4 Å². The number of hydrogen-bond acceptors (Lipinski definition) is 4. The molecule has 0 unspecified atom stereocenters. The summed E-state index contributed by atoms with van der Waals surface area (Å²) in [4.78, 5) is 16.4. The van der Waals surface area contributed by atoms with Crippen LogP contribution in [-0.4, -0.2) is 19.9 Å². The number of aromatic amines is 1. The summed E-state index contributed by atoms with van der Waals surface area (Å²) < 4.78 is 0. The zero-order valence-electron chi connectivity index (χ0n) is 8.59. The van der Waals surface area contributed by atoms with Crippen LogP contribution in [0.15, 0.2) is 46.8 Å². The van der Waals surface area contributed by atoms with Crippen molar-refractivity contribution in [2.75, 3.05) is 0 Å². The Morgan fingerprint density at radius 3 is 2.88 bits per heavy atom. The van der Waals surface area contributed by atoms with E-state index in [1.54, 1.807) is 6.33 Å². The van der Waals surface area contributed by atoms with Crippen LogP contribution < -0.4 is 0 Å². The van der Waals surface area contributed by atoms with Gasteiger partial charge < -0.3 is 4.98 Å². The standard InChI is InChI=1S/C11H7ClN4S/c12-7-3-1-2-4-8(7)17-11-9-10(14-5-13-9)15-6-16-11/h1-6H,(H,13,14,15,16). The van der Waals surface area contributed by atoms with E-state index in [0.29, 0.717) is 10.7 Å². The van der Waals surface area contributed by atoms with E-state index < -0.39 is 0 Å². The Morgan fingerprint density at radius 2 is 2.00 bits per heavy atom. The Bertz CT molecular complexity index is 667. The van der Waals surface area contributed by atoms with Gasteiger partial charge in [-0.3, -0.25) is 0 Å². The molecule has 0 atom stereocenters. The third-order valence-electron chi connectivity index (χ3n) is 2.23. The van der Waals surface area contributed by atoms with Crippen molar-refractivity contribution in [1.29, 1.82) is 0 Å². The van der Waals surface area contributed by atoms with Gasteiger partial charge in [0.2, 0.25) is 0 Å². The van der Waals surface area contributed by atoms with Gasteiger partial charge in [0.15, 0.2) is 5.65 Å². The van der Waals surface area contributed by atoms with Gasteiger partial charge in [0.1, 0.15) is 16.9 Å². The normalized spacial score (nSPS) is 10.9. The fourth-order valence-corrected chi connectivity index (χ4v) is 2.58. The third-order valence-corrected chi connectivity index (χ3v) is 3.75. The molecular formula is C11H7ClN4S. The summed E-state index contributed by atoms with van der Waals surface area (Å²) >= 11 is 7.60. The summed E-state index contributed by atoms with van der Waals surface area (Å²) in [5.41, 5.74) is 1.49. The number of rotatable bonds is 2. The van der Waals surface area contributed by atoms with Gasteiger partial charge in [-0.25, -0.2) is 15.0 Å². The molecule has 3 aromatic rings. The molecule has 0 aliphatic heterocycles. The smallest absolute Gasteiger partial charge is 0.181 e. The molecule has 0 aliphatic carbocycles. The van der Waals surface area contributed by atoms with Crippen molar-refractivity contribution in [3.8, 4) is 0 Å². The van der Waals surface area contributed by atoms with Crippen molar-refractivity contribution in [2.45, 2.75) is 9.92 Å². The summed E-state index contributed by atoms with van der Waals surface area (Å²) in [5, 5.41) is 1.53. The highest BCUT2D eigenvalue weighted by Crippen LogP contribution is 2.33. The summed E-state index contributed by atoms with van der Waals surface area (Å²) in [6.45, 7) is 0. The molecule has 0 radical (unpaired) electrons. The van der Waals surface area contributed by atoms with Crippen LogP contribution >= 0.6 is 23.4 Å². The minimum Gasteiger partial charge on any atom is -0.341 e. The van der Waals surface area contributed by atoms with E-state index in [1.165, 1.54) is 18.1 Å². The molecule has 0 aliphatic rings. The van der Waals surface area contributed by atoms with Gasteiger partial charge in [0.05, 0.1) is 11.3 Å². The maximum absolute atomic E-state index is 6.11. The predicted molar refractivity (Wildman–Crippen MR) is 67.3 cm³/mol. The molecule has 3 rings (SSSR count). The van der Waals surface area contributed by atoms with Gasteiger partial charge in [-0.2, -0.15) is 0 Å². The fraction of sp³-hybridized carbons (Fsp3) is 0. The summed E-state index contributed by atoms with van der Waals surface area (Å²) in [6, 6.07) is 7.66. The number of imidazole rings is 1. The Balaban J connectivity index is 2.06. The largest absolute Gasteiger partial charge is 0.341 e. The van der Waals surface area contributed by atoms with Gasteiger partial charge in [-0.15, -0.1) is 0 Å². The van der Waals surface area contributed by atoms with Crippen molar-refractivity contribution < 1.29 is 0 Å². The molecule has 17 heavy (non-hydrogen) atoms. The molecule has 1 aromatic carbocycles. The number of nitrogens with one attached hydrogen (secondary N) is 1. The summed E-state index contributed by atoms with van der Waals surface area (Å²) in [7, 11) is 0. The average Bonchev–Trinajstić information content (AvgIpc) is 2.81. The molecule has 0 spiro atoms. The van der Waals surface area contributed by atoms with Gasteiger partial charge in [0, 0.05) is 4.90 Å². The number of benzene rings is 1. The van der Waals surface area contributed by atoms with Crippen LogP contribution in [0.3, 0.4) is 0 Å². The highest BCUT2D eigenvalue weighted by Gasteiger charge is 2.09. The number of hydrogen-bond donors (Lipinski definition) is 1. The first-order chi connectivity index (χ1) is 8.34. The van der Waals surface area contributed by atoms with Crippen LogP contribution in [0.5, 0.6) is 0 Å². The van der Waals surface area contributed by atoms with E-state index in [1.807, 2.05) is 24.3 Å². The molecule has 84 valence electrons. The lowest BCUT2D eigenvalue weighted by atomic mass is 10.4. The van der Waals surface area contributed by atoms with Crippen molar-refractivity contribution >= 4 is 34.5 Å². The number of aromatic nitrogens is 4. The van der Waals surface area contributed by atoms with Gasteiger partial charge in [-0.1, -0.05) is 35.5 Å². The second-order valence-corrected chi connectivity index (χ2v) is 4.75. The molecular weight excluding hydrogens is 256 g/mol. The number of H-pyrrole nitrogens is 1. The third kappa shape index (κ3) is 1.99. The summed E-state index contributed by atoms with van der Waals surface area (Å²) in [5.74, 6) is 0. The first-order valence-corrected chi connectivity index (χ1v) is 6.10. The average molecular weight is 263 g/mol. The Labute approximate surface area is 106 Å². The van der Waals surface area contributed by atoms with Crippen LogP contribution in [0.4, 0.5) is 0 Å². The van der Waals surface area contributed by atoms with Crippen molar-refractivity contribution in [2.24, 2.45) is 0 Å². The van der Waals surface area contributed by atoms with E-state index in [-0.39, 0.29) is 0 Å². The molecule has 2 aromatic heterocycles. The van der Waals surface area contributed by atoms with Crippen molar-refractivity contribution in [3.05, 3.63) is 41.9 Å². The highest BCUT2D eigenvalue weighted by atomic mass is 35.5. The monoisotopic (exact) mass is 262 g/mol. The predicted octanol–water partition coefficient (Wildman–Crippen LogP) is 3.16. The molecule has 0 bridgehead atoms. The van der Waals surface area contributed by atoms with E-state index in [4.69, 9.17) is 11.6 Å². The maximum Gasteiger partial charge on any atom is 0.181 e. The molecule has 6 heteroatoms. The molecule has 1 N–H and O–H groups in total. The minimum absolute atomic E-state index is 0.662. The van der Waals surface area contributed by atoms with Crippen LogP contribution in [0, 0.1) is 0 Å². The lowest BCUT2D eigenvalue weighted by Crippen LogP contribution is -1.86. The van der Waals surface area contributed by atoms with E-state index in [9.17, 15) is 0 Å². The number of fused-ring (bicyclic) bond motifs is 1. The highest BCUT2D eigenvalue weighted by molar-refractivity contribution is 7.99. The SMILES string of the molecule is Clc1ccccc1Sc1ncnc2nc[nH]c12. The topological polar surface area (TPSA) is 54.5 Å². The molecule has 4 nitrogen and oxygen atoms in total. The second kappa shape index (κ2) is 4.35. The fourth-order valence-electron chi connectivity index (χ4n) is 1.45. The second-order valence-electron chi connectivity index (χ2n) is 3.31. The first-order valence-electron chi connectivity index (χ1n) is 4.91. The van der Waals surface area contributed by atoms with Crippen LogP contribution in [0.1, 0.15) is 0 Å². The number of nitrogens with zero attached hydrogens (tertiary/aromatic N) is 3. The van der Waals surface area contributed by atoms with Gasteiger partial charge >= 0.3 is 0 Å².